The second kappa shape index (κ2) is 11.4. The fraction of sp³-hybridized carbons (Fsp3) is 0.333. The van der Waals surface area contributed by atoms with Gasteiger partial charge in [-0.25, -0.2) is 16.8 Å². The van der Waals surface area contributed by atoms with Gasteiger partial charge in [0.2, 0.25) is 20.0 Å². The standard InChI is InChI=1S/C27H31ClN2O4S2/c1-2-24-13-8-9-19-30(24)36(33,34)26-17-15-25(16-18-26)35(31,32)29(20-22-10-4-3-5-11-22)21-23-12-6-7-14-27(23)28/h3-7,10-12,14-18,24H,2,8-9,13,19-21H2,1H3/t24-/m0/s1. The minimum Gasteiger partial charge on any atom is -0.207 e. The Morgan fingerprint density at radius 2 is 1.47 bits per heavy atom. The van der Waals surface area contributed by atoms with Crippen molar-refractivity contribution in [3.8, 4) is 0 Å². The SMILES string of the molecule is CC[C@H]1CCCCN1S(=O)(=O)c1ccc(S(=O)(=O)N(Cc2ccccc2)Cc2ccccc2Cl)cc1. The molecule has 1 saturated heterocycles. The molecule has 0 aliphatic carbocycles. The molecule has 4 rings (SSSR count). The number of rotatable bonds is 9. The molecule has 0 saturated carbocycles. The van der Waals surface area contributed by atoms with Crippen LogP contribution >= 0.6 is 11.6 Å². The monoisotopic (exact) mass is 546 g/mol. The van der Waals surface area contributed by atoms with E-state index < -0.39 is 20.0 Å². The third-order valence-electron chi connectivity index (χ3n) is 6.62. The van der Waals surface area contributed by atoms with Crippen LogP contribution in [0.1, 0.15) is 43.7 Å². The molecule has 1 heterocycles. The van der Waals surface area contributed by atoms with Crippen LogP contribution in [0.3, 0.4) is 0 Å². The molecule has 0 amide bonds. The first-order valence-corrected chi connectivity index (χ1v) is 15.4. The van der Waals surface area contributed by atoms with E-state index in [0.29, 0.717) is 17.1 Å². The summed E-state index contributed by atoms with van der Waals surface area (Å²) < 4.78 is 57.1. The lowest BCUT2D eigenvalue weighted by Gasteiger charge is -2.34. The van der Waals surface area contributed by atoms with Crippen molar-refractivity contribution in [2.75, 3.05) is 6.54 Å². The molecule has 1 aliphatic rings. The van der Waals surface area contributed by atoms with Gasteiger partial charge in [-0.1, -0.05) is 73.5 Å². The first-order chi connectivity index (χ1) is 17.2. The zero-order valence-electron chi connectivity index (χ0n) is 20.3. The average Bonchev–Trinajstić information content (AvgIpc) is 2.90. The summed E-state index contributed by atoms with van der Waals surface area (Å²) in [6, 6.07) is 22.0. The van der Waals surface area contributed by atoms with E-state index in [-0.39, 0.29) is 28.9 Å². The molecule has 1 fully saturated rings. The molecule has 6 nitrogen and oxygen atoms in total. The molecule has 3 aromatic carbocycles. The number of hydrogen-bond acceptors (Lipinski definition) is 4. The van der Waals surface area contributed by atoms with Gasteiger partial charge in [0, 0.05) is 30.7 Å². The van der Waals surface area contributed by atoms with Gasteiger partial charge >= 0.3 is 0 Å². The van der Waals surface area contributed by atoms with Crippen LogP contribution < -0.4 is 0 Å². The third-order valence-corrected chi connectivity index (χ3v) is 10.8. The molecule has 0 spiro atoms. The maximum absolute atomic E-state index is 13.7. The number of hydrogen-bond donors (Lipinski definition) is 0. The number of piperidine rings is 1. The van der Waals surface area contributed by atoms with Crippen molar-refractivity contribution in [2.45, 2.75) is 61.5 Å². The number of nitrogens with zero attached hydrogens (tertiary/aromatic N) is 2. The zero-order valence-corrected chi connectivity index (χ0v) is 22.6. The van der Waals surface area contributed by atoms with Crippen molar-refractivity contribution in [1.29, 1.82) is 0 Å². The van der Waals surface area contributed by atoms with Crippen molar-refractivity contribution in [1.82, 2.24) is 8.61 Å². The van der Waals surface area contributed by atoms with E-state index in [1.54, 1.807) is 22.5 Å². The minimum atomic E-state index is -3.95. The topological polar surface area (TPSA) is 74.8 Å². The Kier molecular flexibility index (Phi) is 8.52. The molecule has 0 bridgehead atoms. The molecular weight excluding hydrogens is 516 g/mol. The fourth-order valence-electron chi connectivity index (χ4n) is 4.60. The molecule has 0 N–H and O–H groups in total. The molecule has 1 atom stereocenters. The summed E-state index contributed by atoms with van der Waals surface area (Å²) in [6.45, 7) is 2.72. The van der Waals surface area contributed by atoms with Crippen molar-refractivity contribution in [3.63, 3.8) is 0 Å². The Bertz CT molecular complexity index is 1380. The van der Waals surface area contributed by atoms with Gasteiger partial charge in [0.1, 0.15) is 0 Å². The summed E-state index contributed by atoms with van der Waals surface area (Å²) >= 11 is 6.34. The highest BCUT2D eigenvalue weighted by atomic mass is 35.5. The Morgan fingerprint density at radius 1 is 0.833 bits per heavy atom. The van der Waals surface area contributed by atoms with Crippen LogP contribution in [0.15, 0.2) is 88.7 Å². The summed E-state index contributed by atoms with van der Waals surface area (Å²) in [6.07, 6.45) is 3.45. The predicted octanol–water partition coefficient (Wildman–Crippen LogP) is 5.68. The normalized spacial score (nSPS) is 17.4. The molecular formula is C27H31ClN2O4S2. The molecule has 36 heavy (non-hydrogen) atoms. The Hall–Kier alpha value is -2.23. The Morgan fingerprint density at radius 3 is 2.14 bits per heavy atom. The Balaban J connectivity index is 1.65. The van der Waals surface area contributed by atoms with E-state index in [1.807, 2.05) is 43.3 Å². The molecule has 3 aromatic rings. The zero-order chi connectivity index (χ0) is 25.8. The van der Waals surface area contributed by atoms with E-state index >= 15 is 0 Å². The van der Waals surface area contributed by atoms with Crippen molar-refractivity contribution < 1.29 is 16.8 Å². The maximum atomic E-state index is 13.7. The van der Waals surface area contributed by atoms with Crippen molar-refractivity contribution >= 4 is 31.6 Å². The van der Waals surface area contributed by atoms with E-state index in [9.17, 15) is 16.8 Å². The largest absolute Gasteiger partial charge is 0.243 e. The van der Waals surface area contributed by atoms with Crippen LogP contribution in [0.5, 0.6) is 0 Å². The third kappa shape index (κ3) is 5.84. The molecule has 9 heteroatoms. The molecule has 1 aliphatic heterocycles. The molecule has 0 unspecified atom stereocenters. The maximum Gasteiger partial charge on any atom is 0.243 e. The summed E-state index contributed by atoms with van der Waals surface area (Å²) in [7, 11) is -7.65. The predicted molar refractivity (Wildman–Crippen MR) is 143 cm³/mol. The van der Waals surface area contributed by atoms with Gasteiger partial charge in [-0.3, -0.25) is 0 Å². The molecule has 0 aromatic heterocycles. The van der Waals surface area contributed by atoms with Crippen molar-refractivity contribution in [2.24, 2.45) is 0 Å². The highest BCUT2D eigenvalue weighted by Gasteiger charge is 2.33. The van der Waals surface area contributed by atoms with Gasteiger partial charge in [-0.05, 0) is 60.7 Å². The Labute approximate surface area is 219 Å². The lowest BCUT2D eigenvalue weighted by atomic mass is 10.0. The van der Waals surface area contributed by atoms with Crippen LogP contribution in [0, 0.1) is 0 Å². The summed E-state index contributed by atoms with van der Waals surface area (Å²) in [5.74, 6) is 0. The lowest BCUT2D eigenvalue weighted by molar-refractivity contribution is 0.246. The first-order valence-electron chi connectivity index (χ1n) is 12.1. The smallest absolute Gasteiger partial charge is 0.207 e. The van der Waals surface area contributed by atoms with Gasteiger partial charge in [-0.15, -0.1) is 0 Å². The van der Waals surface area contributed by atoms with Gasteiger partial charge in [0.15, 0.2) is 0 Å². The van der Waals surface area contributed by atoms with Crippen LogP contribution in [0.4, 0.5) is 0 Å². The first kappa shape index (κ1) is 26.8. The van der Waals surface area contributed by atoms with Gasteiger partial charge < -0.3 is 0 Å². The van der Waals surface area contributed by atoms with E-state index in [1.165, 1.54) is 28.6 Å². The van der Waals surface area contributed by atoms with E-state index in [2.05, 4.69) is 0 Å². The summed E-state index contributed by atoms with van der Waals surface area (Å²) in [5, 5.41) is 0.485. The number of sulfonamides is 2. The fourth-order valence-corrected chi connectivity index (χ4v) is 7.96. The quantitative estimate of drug-likeness (QED) is 0.346. The summed E-state index contributed by atoms with van der Waals surface area (Å²) in [5.41, 5.74) is 1.52. The van der Waals surface area contributed by atoms with Crippen molar-refractivity contribution in [3.05, 3.63) is 95.0 Å². The van der Waals surface area contributed by atoms with Gasteiger partial charge in [0.25, 0.3) is 0 Å². The van der Waals surface area contributed by atoms with E-state index in [0.717, 1.165) is 31.2 Å². The second-order valence-corrected chi connectivity index (χ2v) is 13.2. The lowest BCUT2D eigenvalue weighted by Crippen LogP contribution is -2.43. The van der Waals surface area contributed by atoms with Gasteiger partial charge in [0.05, 0.1) is 9.79 Å². The van der Waals surface area contributed by atoms with Crippen LogP contribution in [0.2, 0.25) is 5.02 Å². The average molecular weight is 547 g/mol. The van der Waals surface area contributed by atoms with Gasteiger partial charge in [-0.2, -0.15) is 8.61 Å². The highest BCUT2D eigenvalue weighted by Crippen LogP contribution is 2.29. The minimum absolute atomic E-state index is 0.0239. The molecule has 0 radical (unpaired) electrons. The van der Waals surface area contributed by atoms with Crippen LogP contribution in [-0.2, 0) is 33.1 Å². The van der Waals surface area contributed by atoms with E-state index in [4.69, 9.17) is 11.6 Å². The number of halogens is 1. The molecule has 192 valence electrons. The van der Waals surface area contributed by atoms with Crippen LogP contribution in [-0.4, -0.2) is 38.0 Å². The van der Waals surface area contributed by atoms with Crippen LogP contribution in [0.25, 0.3) is 0 Å². The number of benzene rings is 3. The highest BCUT2D eigenvalue weighted by molar-refractivity contribution is 7.89. The second-order valence-electron chi connectivity index (χ2n) is 9.00. The summed E-state index contributed by atoms with van der Waals surface area (Å²) in [4.78, 5) is 0.151.